The van der Waals surface area contributed by atoms with E-state index in [9.17, 15) is 4.79 Å². The van der Waals surface area contributed by atoms with Crippen LogP contribution >= 0.6 is 0 Å². The maximum absolute atomic E-state index is 11.6. The predicted octanol–water partition coefficient (Wildman–Crippen LogP) is 8.04. The van der Waals surface area contributed by atoms with E-state index >= 15 is 0 Å². The Morgan fingerprint density at radius 3 is 2.41 bits per heavy atom. The summed E-state index contributed by atoms with van der Waals surface area (Å²) in [6.07, 6.45) is 17.6. The minimum atomic E-state index is -0.524. The van der Waals surface area contributed by atoms with E-state index in [2.05, 4.69) is 46.8 Å². The Labute approximate surface area is 197 Å². The molecular formula is C29H48O3. The molecule has 4 aliphatic carbocycles. The fourth-order valence-corrected chi connectivity index (χ4v) is 8.90. The summed E-state index contributed by atoms with van der Waals surface area (Å²) in [6.45, 7) is 12.5. The van der Waals surface area contributed by atoms with Gasteiger partial charge in [-0.25, -0.2) is 4.79 Å². The summed E-state index contributed by atoms with van der Waals surface area (Å²) in [7, 11) is 1.40. The molecule has 3 nitrogen and oxygen atoms in total. The van der Waals surface area contributed by atoms with Gasteiger partial charge >= 0.3 is 6.16 Å². The van der Waals surface area contributed by atoms with Crippen LogP contribution < -0.4 is 0 Å². The Kier molecular flexibility index (Phi) is 7.04. The maximum Gasteiger partial charge on any atom is 0.508 e. The van der Waals surface area contributed by atoms with Gasteiger partial charge < -0.3 is 9.47 Å². The molecule has 0 aromatic rings. The van der Waals surface area contributed by atoms with Crippen molar-refractivity contribution in [3.63, 3.8) is 0 Å². The Morgan fingerprint density at radius 1 is 0.969 bits per heavy atom. The third-order valence-electron chi connectivity index (χ3n) is 10.7. The Bertz CT molecular complexity index is 699. The van der Waals surface area contributed by atoms with Crippen molar-refractivity contribution < 1.29 is 14.3 Å². The van der Waals surface area contributed by atoms with Crippen LogP contribution in [0.5, 0.6) is 0 Å². The zero-order valence-corrected chi connectivity index (χ0v) is 21.6. The average Bonchev–Trinajstić information content (AvgIpc) is 3.11. The Balaban J connectivity index is 1.45. The predicted molar refractivity (Wildman–Crippen MR) is 130 cm³/mol. The number of carbonyl (C=O) groups excluding carboxylic acids is 1. The standard InChI is InChI=1S/C29H48O3/c1-19(2)8-7-9-20(3)24-12-13-25-23-11-10-21-18-22(32-27(30)31-6)14-16-28(21,4)26(23)15-17-29(24,25)5/h10-11,19-26H,7-9,12-18H2,1-6H3/t20-,21?,22?,23+,24-,25+,26+,28+,29-/m0/s1. The highest BCUT2D eigenvalue weighted by Crippen LogP contribution is 2.67. The van der Waals surface area contributed by atoms with E-state index in [4.69, 9.17) is 9.47 Å². The molecular weight excluding hydrogens is 396 g/mol. The molecule has 3 heteroatoms. The largest absolute Gasteiger partial charge is 0.508 e. The summed E-state index contributed by atoms with van der Waals surface area (Å²) < 4.78 is 10.3. The number of rotatable bonds is 6. The number of methoxy groups -OCH3 is 1. The van der Waals surface area contributed by atoms with Gasteiger partial charge in [-0.3, -0.25) is 0 Å². The van der Waals surface area contributed by atoms with Gasteiger partial charge in [-0.1, -0.05) is 66.0 Å². The van der Waals surface area contributed by atoms with Crippen molar-refractivity contribution in [2.24, 2.45) is 52.3 Å². The molecule has 0 radical (unpaired) electrons. The minimum Gasteiger partial charge on any atom is -0.438 e. The second-order valence-corrected chi connectivity index (χ2v) is 12.8. The summed E-state index contributed by atoms with van der Waals surface area (Å²) >= 11 is 0. The van der Waals surface area contributed by atoms with E-state index in [1.165, 1.54) is 58.5 Å². The van der Waals surface area contributed by atoms with E-state index in [1.807, 2.05) is 0 Å². The van der Waals surface area contributed by atoms with Crippen molar-refractivity contribution in [3.05, 3.63) is 12.2 Å². The lowest BCUT2D eigenvalue weighted by Crippen LogP contribution is -2.52. The molecule has 182 valence electrons. The third-order valence-corrected chi connectivity index (χ3v) is 10.7. The van der Waals surface area contributed by atoms with E-state index in [-0.39, 0.29) is 6.10 Å². The lowest BCUT2D eigenvalue weighted by molar-refractivity contribution is -0.0868. The van der Waals surface area contributed by atoms with Crippen LogP contribution in [0, 0.1) is 52.3 Å². The van der Waals surface area contributed by atoms with Gasteiger partial charge in [0.25, 0.3) is 0 Å². The van der Waals surface area contributed by atoms with Crippen LogP contribution in [-0.4, -0.2) is 19.4 Å². The molecule has 4 aliphatic rings. The highest BCUT2D eigenvalue weighted by molar-refractivity contribution is 5.59. The summed E-state index contributed by atoms with van der Waals surface area (Å²) in [6, 6.07) is 0. The molecule has 32 heavy (non-hydrogen) atoms. The quantitative estimate of drug-likeness (QED) is 0.307. The normalized spacial score (nSPS) is 43.8. The van der Waals surface area contributed by atoms with E-state index in [0.29, 0.717) is 16.7 Å². The molecule has 3 fully saturated rings. The molecule has 0 aliphatic heterocycles. The molecule has 0 N–H and O–H groups in total. The van der Waals surface area contributed by atoms with Crippen LogP contribution in [0.4, 0.5) is 4.79 Å². The number of hydrogen-bond donors (Lipinski definition) is 0. The van der Waals surface area contributed by atoms with Crippen molar-refractivity contribution in [2.75, 3.05) is 7.11 Å². The molecule has 0 heterocycles. The highest BCUT2D eigenvalue weighted by Gasteiger charge is 2.59. The molecule has 0 aromatic heterocycles. The zero-order valence-electron chi connectivity index (χ0n) is 21.6. The minimum absolute atomic E-state index is 0.0122. The maximum atomic E-state index is 11.6. The number of ether oxygens (including phenoxy) is 2. The number of fused-ring (bicyclic) bond motifs is 5. The molecule has 3 saturated carbocycles. The first-order valence-electron chi connectivity index (χ1n) is 13.6. The van der Waals surface area contributed by atoms with Gasteiger partial charge in [-0.2, -0.15) is 0 Å². The fraction of sp³-hybridized carbons (Fsp3) is 0.897. The third kappa shape index (κ3) is 4.27. The summed E-state index contributed by atoms with van der Waals surface area (Å²) in [5, 5.41) is 0. The monoisotopic (exact) mass is 444 g/mol. The molecule has 0 saturated heterocycles. The van der Waals surface area contributed by atoms with E-state index in [1.54, 1.807) is 0 Å². The topological polar surface area (TPSA) is 35.5 Å². The van der Waals surface area contributed by atoms with Crippen LogP contribution in [0.2, 0.25) is 0 Å². The first kappa shape index (κ1) is 24.1. The fourth-order valence-electron chi connectivity index (χ4n) is 8.90. The SMILES string of the molecule is COC(=O)OC1CC[C@]2(C)C(C=C[C@@H]3[C@H]4CC[C@@H]([C@@H](C)CCCC(C)C)[C@]4(C)CC[C@H]32)C1. The highest BCUT2D eigenvalue weighted by atomic mass is 16.7. The average molecular weight is 445 g/mol. The molecule has 0 bridgehead atoms. The van der Waals surface area contributed by atoms with Gasteiger partial charge in [0.05, 0.1) is 7.11 Å². The van der Waals surface area contributed by atoms with E-state index < -0.39 is 6.16 Å². The van der Waals surface area contributed by atoms with Crippen molar-refractivity contribution in [1.29, 1.82) is 0 Å². The molecule has 4 rings (SSSR count). The molecule has 9 atom stereocenters. The van der Waals surface area contributed by atoms with Crippen molar-refractivity contribution >= 4 is 6.16 Å². The molecule has 0 aromatic carbocycles. The van der Waals surface area contributed by atoms with Crippen LogP contribution in [-0.2, 0) is 9.47 Å². The Hall–Kier alpha value is -0.990. The smallest absolute Gasteiger partial charge is 0.438 e. The second kappa shape index (κ2) is 9.34. The van der Waals surface area contributed by atoms with Crippen LogP contribution in [0.25, 0.3) is 0 Å². The van der Waals surface area contributed by atoms with Gasteiger partial charge in [-0.15, -0.1) is 0 Å². The molecule has 0 amide bonds. The van der Waals surface area contributed by atoms with E-state index in [0.717, 1.165) is 48.3 Å². The second-order valence-electron chi connectivity index (χ2n) is 12.8. The molecule has 2 unspecified atom stereocenters. The van der Waals surface area contributed by atoms with Crippen LogP contribution in [0.3, 0.4) is 0 Å². The first-order chi connectivity index (χ1) is 15.2. The van der Waals surface area contributed by atoms with Gasteiger partial charge in [0.2, 0.25) is 0 Å². The number of hydrogen-bond acceptors (Lipinski definition) is 3. The van der Waals surface area contributed by atoms with Gasteiger partial charge in [-0.05, 0) is 97.2 Å². The lowest BCUT2D eigenvalue weighted by Gasteiger charge is -2.59. The molecule has 0 spiro atoms. The van der Waals surface area contributed by atoms with Crippen molar-refractivity contribution in [2.45, 2.75) is 105 Å². The van der Waals surface area contributed by atoms with Gasteiger partial charge in [0.15, 0.2) is 0 Å². The summed E-state index contributed by atoms with van der Waals surface area (Å²) in [4.78, 5) is 11.6. The Morgan fingerprint density at radius 2 is 1.69 bits per heavy atom. The number of carbonyl (C=O) groups is 1. The van der Waals surface area contributed by atoms with Gasteiger partial charge in [0.1, 0.15) is 6.10 Å². The summed E-state index contributed by atoms with van der Waals surface area (Å²) in [5.74, 6) is 5.54. The van der Waals surface area contributed by atoms with Crippen LogP contribution in [0.1, 0.15) is 98.8 Å². The van der Waals surface area contributed by atoms with Crippen molar-refractivity contribution in [3.8, 4) is 0 Å². The van der Waals surface area contributed by atoms with Crippen molar-refractivity contribution in [1.82, 2.24) is 0 Å². The summed E-state index contributed by atoms with van der Waals surface area (Å²) in [5.41, 5.74) is 0.884. The first-order valence-corrected chi connectivity index (χ1v) is 13.6. The zero-order chi connectivity index (χ0) is 23.1. The lowest BCUT2D eigenvalue weighted by atomic mass is 9.46. The van der Waals surface area contributed by atoms with Gasteiger partial charge in [0, 0.05) is 0 Å². The number of allylic oxidation sites excluding steroid dienone is 2. The van der Waals surface area contributed by atoms with Crippen LogP contribution in [0.15, 0.2) is 12.2 Å².